The van der Waals surface area contributed by atoms with Crippen LogP contribution in [-0.2, 0) is 4.79 Å². The van der Waals surface area contributed by atoms with E-state index < -0.39 is 12.0 Å². The number of carbonyl (C=O) groups excluding carboxylic acids is 2. The molecule has 0 spiro atoms. The number of nitrogens with zero attached hydrogens (tertiary/aromatic N) is 1. The minimum atomic E-state index is -1.09. The van der Waals surface area contributed by atoms with Crippen molar-refractivity contribution in [3.8, 4) is 0 Å². The van der Waals surface area contributed by atoms with E-state index in [9.17, 15) is 14.4 Å². The number of carboxylic acids is 1. The monoisotopic (exact) mass is 291 g/mol. The number of rotatable bonds is 3. The van der Waals surface area contributed by atoms with Crippen LogP contribution in [0.4, 0.5) is 10.5 Å². The molecule has 2 rings (SSSR count). The number of para-hydroxylation sites is 1. The Morgan fingerprint density at radius 2 is 2.10 bits per heavy atom. The molecule has 1 fully saturated rings. The van der Waals surface area contributed by atoms with Crippen LogP contribution < -0.4 is 15.5 Å². The smallest absolute Gasteiger partial charge is 0.337 e. The quantitative estimate of drug-likeness (QED) is 0.767. The Hall–Kier alpha value is -2.57. The van der Waals surface area contributed by atoms with Gasteiger partial charge in [-0.05, 0) is 18.6 Å². The molecule has 1 saturated heterocycles. The van der Waals surface area contributed by atoms with Crippen molar-refractivity contribution in [2.24, 2.45) is 0 Å². The van der Waals surface area contributed by atoms with E-state index in [0.29, 0.717) is 25.1 Å². The highest BCUT2D eigenvalue weighted by molar-refractivity contribution is 6.01. The zero-order valence-electron chi connectivity index (χ0n) is 11.6. The summed E-state index contributed by atoms with van der Waals surface area (Å²) in [5, 5.41) is 14.6. The highest BCUT2D eigenvalue weighted by atomic mass is 16.4. The summed E-state index contributed by atoms with van der Waals surface area (Å²) in [4.78, 5) is 35.7. The first-order valence-electron chi connectivity index (χ1n) is 6.62. The zero-order valence-corrected chi connectivity index (χ0v) is 11.6. The third-order valence-electron chi connectivity index (χ3n) is 3.39. The normalized spacial score (nSPS) is 17.8. The number of benzene rings is 1. The van der Waals surface area contributed by atoms with Crippen LogP contribution in [0.5, 0.6) is 0 Å². The average Bonchev–Trinajstić information content (AvgIpc) is 2.48. The predicted octanol–water partition coefficient (Wildman–Crippen LogP) is 0.809. The maximum absolute atomic E-state index is 12.2. The number of carbonyl (C=O) groups is 3. The summed E-state index contributed by atoms with van der Waals surface area (Å²) in [6.45, 7) is 0.388. The number of carboxylic acid groups (broad SMARTS) is 1. The number of hydrogen-bond donors (Lipinski definition) is 3. The molecule has 3 amide bonds. The second kappa shape index (κ2) is 6.25. The third kappa shape index (κ3) is 3.50. The number of nitrogens with one attached hydrogen (secondary N) is 2. The Kier molecular flexibility index (Phi) is 4.42. The van der Waals surface area contributed by atoms with E-state index in [-0.39, 0.29) is 17.5 Å². The number of amides is 3. The van der Waals surface area contributed by atoms with Gasteiger partial charge in [0.25, 0.3) is 0 Å². The first-order chi connectivity index (χ1) is 9.99. The van der Waals surface area contributed by atoms with Gasteiger partial charge in [0.1, 0.15) is 0 Å². The van der Waals surface area contributed by atoms with Gasteiger partial charge in [0, 0.05) is 26.1 Å². The van der Waals surface area contributed by atoms with Crippen LogP contribution in [0, 0.1) is 0 Å². The van der Waals surface area contributed by atoms with E-state index >= 15 is 0 Å². The molecule has 1 aliphatic rings. The molecule has 3 N–H and O–H groups in total. The Balaban J connectivity index is 2.06. The standard InChI is InChI=1S/C14H17N3O4/c1-17(11-5-3-2-4-10(11)13(19)20)14(21)16-9-6-7-12(18)15-8-9/h2-5,9H,6-8H2,1H3,(H,15,18)(H,16,21)(H,19,20). The third-order valence-corrected chi connectivity index (χ3v) is 3.39. The fraction of sp³-hybridized carbons (Fsp3) is 0.357. The molecule has 0 radical (unpaired) electrons. The molecule has 1 heterocycles. The van der Waals surface area contributed by atoms with E-state index in [2.05, 4.69) is 10.6 Å². The molecule has 1 unspecified atom stereocenters. The lowest BCUT2D eigenvalue weighted by Gasteiger charge is -2.27. The van der Waals surface area contributed by atoms with Crippen LogP contribution >= 0.6 is 0 Å². The van der Waals surface area contributed by atoms with E-state index in [1.165, 1.54) is 18.0 Å². The van der Waals surface area contributed by atoms with E-state index in [0.717, 1.165) is 0 Å². The Morgan fingerprint density at radius 3 is 2.71 bits per heavy atom. The van der Waals surface area contributed by atoms with Crippen LogP contribution in [0.2, 0.25) is 0 Å². The summed E-state index contributed by atoms with van der Waals surface area (Å²) in [6.07, 6.45) is 0.951. The van der Waals surface area contributed by atoms with Crippen LogP contribution in [0.25, 0.3) is 0 Å². The van der Waals surface area contributed by atoms with Gasteiger partial charge >= 0.3 is 12.0 Å². The molecule has 112 valence electrons. The number of aromatic carboxylic acids is 1. The van der Waals surface area contributed by atoms with Gasteiger partial charge < -0.3 is 15.7 Å². The van der Waals surface area contributed by atoms with Crippen molar-refractivity contribution in [2.45, 2.75) is 18.9 Å². The summed E-state index contributed by atoms with van der Waals surface area (Å²) in [6, 6.07) is 5.76. The first-order valence-corrected chi connectivity index (χ1v) is 6.62. The predicted molar refractivity (Wildman–Crippen MR) is 76.4 cm³/mol. The molecule has 1 aromatic rings. The van der Waals surface area contributed by atoms with Gasteiger partial charge in [0.05, 0.1) is 11.3 Å². The first kappa shape index (κ1) is 14.8. The molecule has 7 heteroatoms. The SMILES string of the molecule is CN(C(=O)NC1CCC(=O)NC1)c1ccccc1C(=O)O. The van der Waals surface area contributed by atoms with Crippen LogP contribution in [0.3, 0.4) is 0 Å². The van der Waals surface area contributed by atoms with Gasteiger partial charge in [-0.3, -0.25) is 9.69 Å². The van der Waals surface area contributed by atoms with E-state index in [1.54, 1.807) is 18.2 Å². The molecule has 7 nitrogen and oxygen atoms in total. The zero-order chi connectivity index (χ0) is 15.4. The molecule has 1 atom stereocenters. The molecule has 0 aromatic heterocycles. The number of piperidine rings is 1. The summed E-state index contributed by atoms with van der Waals surface area (Å²) < 4.78 is 0. The largest absolute Gasteiger partial charge is 0.478 e. The Bertz CT molecular complexity index is 563. The second-order valence-electron chi connectivity index (χ2n) is 4.87. The molecular weight excluding hydrogens is 274 g/mol. The minimum absolute atomic E-state index is 0.0231. The lowest BCUT2D eigenvalue weighted by atomic mass is 10.1. The highest BCUT2D eigenvalue weighted by Crippen LogP contribution is 2.19. The average molecular weight is 291 g/mol. The number of urea groups is 1. The van der Waals surface area contributed by atoms with Crippen molar-refractivity contribution in [1.82, 2.24) is 10.6 Å². The van der Waals surface area contributed by atoms with Gasteiger partial charge in [-0.1, -0.05) is 12.1 Å². The summed E-state index contributed by atoms with van der Waals surface area (Å²) in [5.41, 5.74) is 0.384. The summed E-state index contributed by atoms with van der Waals surface area (Å²) >= 11 is 0. The summed E-state index contributed by atoms with van der Waals surface area (Å²) in [7, 11) is 1.51. The van der Waals surface area contributed by atoms with Crippen molar-refractivity contribution in [3.05, 3.63) is 29.8 Å². The molecule has 0 bridgehead atoms. The Labute approximate surface area is 121 Å². The number of hydrogen-bond acceptors (Lipinski definition) is 3. The Morgan fingerprint density at radius 1 is 1.38 bits per heavy atom. The highest BCUT2D eigenvalue weighted by Gasteiger charge is 2.23. The lowest BCUT2D eigenvalue weighted by molar-refractivity contribution is -0.122. The molecule has 1 aromatic carbocycles. The lowest BCUT2D eigenvalue weighted by Crippen LogP contribution is -2.51. The maximum atomic E-state index is 12.2. The van der Waals surface area contributed by atoms with Gasteiger partial charge in [-0.25, -0.2) is 9.59 Å². The molecule has 0 aliphatic carbocycles. The topological polar surface area (TPSA) is 98.7 Å². The van der Waals surface area contributed by atoms with Crippen molar-refractivity contribution in [2.75, 3.05) is 18.5 Å². The fourth-order valence-electron chi connectivity index (χ4n) is 2.18. The van der Waals surface area contributed by atoms with Crippen LogP contribution in [-0.4, -0.2) is 42.6 Å². The van der Waals surface area contributed by atoms with Gasteiger partial charge in [-0.2, -0.15) is 0 Å². The molecule has 21 heavy (non-hydrogen) atoms. The fourth-order valence-corrected chi connectivity index (χ4v) is 2.18. The van der Waals surface area contributed by atoms with Crippen molar-refractivity contribution >= 4 is 23.6 Å². The van der Waals surface area contributed by atoms with Crippen LogP contribution in [0.15, 0.2) is 24.3 Å². The number of anilines is 1. The van der Waals surface area contributed by atoms with Crippen molar-refractivity contribution in [1.29, 1.82) is 0 Å². The summed E-state index contributed by atoms with van der Waals surface area (Å²) in [5.74, 6) is -1.11. The van der Waals surface area contributed by atoms with E-state index in [1.807, 2.05) is 0 Å². The molecule has 0 saturated carbocycles. The maximum Gasteiger partial charge on any atom is 0.337 e. The second-order valence-corrected chi connectivity index (χ2v) is 4.87. The van der Waals surface area contributed by atoms with Crippen LogP contribution in [0.1, 0.15) is 23.2 Å². The van der Waals surface area contributed by atoms with Gasteiger partial charge in [0.2, 0.25) is 5.91 Å². The van der Waals surface area contributed by atoms with Crippen molar-refractivity contribution < 1.29 is 19.5 Å². The molecule has 1 aliphatic heterocycles. The van der Waals surface area contributed by atoms with Gasteiger partial charge in [0.15, 0.2) is 0 Å². The van der Waals surface area contributed by atoms with Gasteiger partial charge in [-0.15, -0.1) is 0 Å². The molecular formula is C14H17N3O4. The van der Waals surface area contributed by atoms with Crippen molar-refractivity contribution in [3.63, 3.8) is 0 Å². The van der Waals surface area contributed by atoms with E-state index in [4.69, 9.17) is 5.11 Å². The minimum Gasteiger partial charge on any atom is -0.478 e.